The number of ether oxygens (including phenoxy) is 1. The van der Waals surface area contributed by atoms with Gasteiger partial charge in [0.15, 0.2) is 0 Å². The smallest absolute Gasteiger partial charge is 0.221 e. The maximum absolute atomic E-state index is 11.5. The van der Waals surface area contributed by atoms with Crippen LogP contribution in [0.2, 0.25) is 0 Å². The number of rotatable bonds is 4. The van der Waals surface area contributed by atoms with Crippen molar-refractivity contribution in [3.8, 4) is 5.75 Å². The number of hydrogen-bond acceptors (Lipinski definition) is 2. The van der Waals surface area contributed by atoms with Crippen LogP contribution in [0.1, 0.15) is 44.4 Å². The highest BCUT2D eigenvalue weighted by atomic mass is 16.5. The minimum absolute atomic E-state index is 0.0220. The molecular weight excluding hydrogens is 286 g/mol. The molecule has 3 heteroatoms. The topological polar surface area (TPSA) is 38.3 Å². The summed E-state index contributed by atoms with van der Waals surface area (Å²) in [5.74, 6) is 0.734. The van der Waals surface area contributed by atoms with Crippen molar-refractivity contribution in [1.29, 1.82) is 0 Å². The highest BCUT2D eigenvalue weighted by Gasteiger charge is 2.18. The van der Waals surface area contributed by atoms with Gasteiger partial charge in [0, 0.05) is 18.2 Å². The Labute approximate surface area is 138 Å². The summed E-state index contributed by atoms with van der Waals surface area (Å²) < 4.78 is 6.03. The first-order valence-electron chi connectivity index (χ1n) is 7.87. The second-order valence-corrected chi connectivity index (χ2v) is 6.85. The van der Waals surface area contributed by atoms with Crippen molar-refractivity contribution < 1.29 is 9.53 Å². The number of carbonyl (C=O) groups is 1. The predicted molar refractivity (Wildman–Crippen MR) is 95.0 cm³/mol. The van der Waals surface area contributed by atoms with Gasteiger partial charge in [0.2, 0.25) is 5.91 Å². The molecule has 1 amide bonds. The Morgan fingerprint density at radius 3 is 2.35 bits per heavy atom. The van der Waals surface area contributed by atoms with Crippen molar-refractivity contribution >= 4 is 11.6 Å². The molecule has 2 aromatic rings. The molecule has 0 radical (unpaired) electrons. The fourth-order valence-corrected chi connectivity index (χ4v) is 2.33. The third-order valence-corrected chi connectivity index (χ3v) is 3.77. The first-order valence-corrected chi connectivity index (χ1v) is 7.87. The van der Waals surface area contributed by atoms with Gasteiger partial charge in [0.1, 0.15) is 12.4 Å². The first kappa shape index (κ1) is 17.1. The molecule has 122 valence electrons. The maximum Gasteiger partial charge on any atom is 0.221 e. The van der Waals surface area contributed by atoms with Gasteiger partial charge >= 0.3 is 0 Å². The van der Waals surface area contributed by atoms with E-state index in [2.05, 4.69) is 32.2 Å². The van der Waals surface area contributed by atoms with Gasteiger partial charge in [-0.15, -0.1) is 0 Å². The number of benzene rings is 2. The molecule has 0 aliphatic rings. The second-order valence-electron chi connectivity index (χ2n) is 6.85. The van der Waals surface area contributed by atoms with Gasteiger partial charge in [0.25, 0.3) is 0 Å². The molecule has 0 saturated heterocycles. The van der Waals surface area contributed by atoms with E-state index in [1.54, 1.807) is 0 Å². The molecule has 0 aliphatic carbocycles. The highest BCUT2D eigenvalue weighted by Crippen LogP contribution is 2.34. The lowest BCUT2D eigenvalue weighted by atomic mass is 9.86. The van der Waals surface area contributed by atoms with Gasteiger partial charge in [0.05, 0.1) is 0 Å². The Bertz CT molecular complexity index is 685. The van der Waals surface area contributed by atoms with E-state index in [1.807, 2.05) is 43.3 Å². The van der Waals surface area contributed by atoms with Crippen LogP contribution in [0.15, 0.2) is 42.5 Å². The first-order chi connectivity index (χ1) is 10.8. The third-order valence-electron chi connectivity index (χ3n) is 3.77. The van der Waals surface area contributed by atoms with E-state index >= 15 is 0 Å². The molecule has 1 N–H and O–H groups in total. The number of amides is 1. The average molecular weight is 311 g/mol. The molecule has 0 atom stereocenters. The van der Waals surface area contributed by atoms with Crippen molar-refractivity contribution in [1.82, 2.24) is 0 Å². The zero-order valence-electron chi connectivity index (χ0n) is 14.6. The zero-order valence-corrected chi connectivity index (χ0v) is 14.6. The summed E-state index contributed by atoms with van der Waals surface area (Å²) in [7, 11) is 0. The Balaban J connectivity index is 2.34. The minimum Gasteiger partial charge on any atom is -0.489 e. The standard InChI is InChI=1S/C20H25NO2/c1-14-18(21-15(2)22)11-17(20(3,4)5)12-19(14)23-13-16-9-7-6-8-10-16/h6-12H,13H2,1-5H3,(H,21,22). The Kier molecular flexibility index (Phi) is 5.09. The number of carbonyl (C=O) groups excluding carboxylic acids is 1. The fraction of sp³-hybridized carbons (Fsp3) is 0.350. The normalized spacial score (nSPS) is 11.2. The van der Waals surface area contributed by atoms with Crippen LogP contribution >= 0.6 is 0 Å². The molecule has 0 aromatic heterocycles. The van der Waals surface area contributed by atoms with Crippen molar-refractivity contribution in [3.63, 3.8) is 0 Å². The SMILES string of the molecule is CC(=O)Nc1cc(C(C)(C)C)cc(OCc2ccccc2)c1C. The highest BCUT2D eigenvalue weighted by molar-refractivity contribution is 5.90. The summed E-state index contributed by atoms with van der Waals surface area (Å²) in [6, 6.07) is 14.2. The molecule has 0 saturated carbocycles. The molecule has 0 fully saturated rings. The van der Waals surface area contributed by atoms with E-state index in [9.17, 15) is 4.79 Å². The van der Waals surface area contributed by atoms with E-state index in [-0.39, 0.29) is 11.3 Å². The van der Waals surface area contributed by atoms with E-state index < -0.39 is 0 Å². The van der Waals surface area contributed by atoms with Gasteiger partial charge in [-0.05, 0) is 35.6 Å². The Morgan fingerprint density at radius 2 is 1.78 bits per heavy atom. The minimum atomic E-state index is -0.0758. The molecule has 2 rings (SSSR count). The summed E-state index contributed by atoms with van der Waals surface area (Å²) in [6.45, 7) is 10.4. The van der Waals surface area contributed by atoms with Crippen LogP contribution in [0.5, 0.6) is 5.75 Å². The van der Waals surface area contributed by atoms with Crippen molar-refractivity contribution in [3.05, 3.63) is 59.2 Å². The summed E-state index contributed by atoms with van der Waals surface area (Å²) >= 11 is 0. The molecule has 0 bridgehead atoms. The van der Waals surface area contributed by atoms with Crippen LogP contribution in [0.25, 0.3) is 0 Å². The largest absolute Gasteiger partial charge is 0.489 e. The van der Waals surface area contributed by atoms with Crippen LogP contribution < -0.4 is 10.1 Å². The van der Waals surface area contributed by atoms with Gasteiger partial charge in [-0.3, -0.25) is 4.79 Å². The van der Waals surface area contributed by atoms with E-state index in [0.29, 0.717) is 6.61 Å². The second kappa shape index (κ2) is 6.86. The van der Waals surface area contributed by atoms with Gasteiger partial charge in [-0.2, -0.15) is 0 Å². The van der Waals surface area contributed by atoms with Gasteiger partial charge in [-0.25, -0.2) is 0 Å². The van der Waals surface area contributed by atoms with Crippen LogP contribution in [0.4, 0.5) is 5.69 Å². The number of hydrogen-bond donors (Lipinski definition) is 1. The van der Waals surface area contributed by atoms with E-state index in [4.69, 9.17) is 4.74 Å². The third kappa shape index (κ3) is 4.59. The van der Waals surface area contributed by atoms with E-state index in [0.717, 1.165) is 28.1 Å². The lowest BCUT2D eigenvalue weighted by Crippen LogP contribution is -2.14. The molecule has 3 nitrogen and oxygen atoms in total. The Morgan fingerprint density at radius 1 is 1.13 bits per heavy atom. The summed E-state index contributed by atoms with van der Waals surface area (Å²) in [5, 5.41) is 2.91. The van der Waals surface area contributed by atoms with Crippen LogP contribution in [0, 0.1) is 6.92 Å². The lowest BCUT2D eigenvalue weighted by molar-refractivity contribution is -0.114. The maximum atomic E-state index is 11.5. The van der Waals surface area contributed by atoms with Crippen molar-refractivity contribution in [2.45, 2.75) is 46.6 Å². The molecule has 23 heavy (non-hydrogen) atoms. The fourth-order valence-electron chi connectivity index (χ4n) is 2.33. The van der Waals surface area contributed by atoms with Crippen molar-refractivity contribution in [2.24, 2.45) is 0 Å². The summed E-state index contributed by atoms with van der Waals surface area (Å²) in [6.07, 6.45) is 0. The summed E-state index contributed by atoms with van der Waals surface area (Å²) in [4.78, 5) is 11.5. The molecule has 0 heterocycles. The molecule has 2 aromatic carbocycles. The van der Waals surface area contributed by atoms with Crippen LogP contribution in [-0.4, -0.2) is 5.91 Å². The number of nitrogens with one attached hydrogen (secondary N) is 1. The molecule has 0 spiro atoms. The van der Waals surface area contributed by atoms with Crippen molar-refractivity contribution in [2.75, 3.05) is 5.32 Å². The quantitative estimate of drug-likeness (QED) is 0.878. The molecule has 0 unspecified atom stereocenters. The van der Waals surface area contributed by atoms with E-state index in [1.165, 1.54) is 6.92 Å². The van der Waals surface area contributed by atoms with Crippen LogP contribution in [-0.2, 0) is 16.8 Å². The van der Waals surface area contributed by atoms with Gasteiger partial charge in [-0.1, -0.05) is 51.1 Å². The molecule has 0 aliphatic heterocycles. The summed E-state index contributed by atoms with van der Waals surface area (Å²) in [5.41, 5.74) is 3.99. The lowest BCUT2D eigenvalue weighted by Gasteiger charge is -2.23. The monoisotopic (exact) mass is 311 g/mol. The predicted octanol–water partition coefficient (Wildman–Crippen LogP) is 4.83. The number of anilines is 1. The van der Waals surface area contributed by atoms with Gasteiger partial charge < -0.3 is 10.1 Å². The van der Waals surface area contributed by atoms with Crippen LogP contribution in [0.3, 0.4) is 0 Å². The molecular formula is C20H25NO2. The average Bonchev–Trinajstić information content (AvgIpc) is 2.47. The Hall–Kier alpha value is -2.29. The zero-order chi connectivity index (χ0) is 17.0.